The molecule has 0 aliphatic rings. The Balaban J connectivity index is 2.13. The lowest BCUT2D eigenvalue weighted by atomic mass is 9.93. The second-order valence-corrected chi connectivity index (χ2v) is 6.39. The molecule has 1 unspecified atom stereocenters. The molecule has 0 aromatic heterocycles. The average molecular weight is 368 g/mol. The summed E-state index contributed by atoms with van der Waals surface area (Å²) in [6.45, 7) is 2.06. The van der Waals surface area contributed by atoms with E-state index in [-0.39, 0.29) is 0 Å². The van der Waals surface area contributed by atoms with Crippen LogP contribution in [-0.4, -0.2) is 12.4 Å². The average Bonchev–Trinajstić information content (AvgIpc) is 2.49. The lowest BCUT2D eigenvalue weighted by Crippen LogP contribution is -2.11. The van der Waals surface area contributed by atoms with Gasteiger partial charge in [-0.15, -0.1) is 0 Å². The maximum absolute atomic E-state index is 6.35. The molecule has 0 saturated heterocycles. The van der Waals surface area contributed by atoms with E-state index in [1.165, 1.54) is 16.7 Å². The van der Waals surface area contributed by atoms with Crippen molar-refractivity contribution in [2.24, 2.45) is 5.92 Å². The van der Waals surface area contributed by atoms with Crippen molar-refractivity contribution in [2.75, 3.05) is 12.4 Å². The molecule has 2 aromatic rings. The van der Waals surface area contributed by atoms with Gasteiger partial charge in [-0.25, -0.2) is 0 Å². The molecule has 0 fully saturated rings. The van der Waals surface area contributed by atoms with Crippen LogP contribution in [0.3, 0.4) is 0 Å². The highest BCUT2D eigenvalue weighted by Gasteiger charge is 2.14. The third kappa shape index (κ3) is 4.49. The summed E-state index contributed by atoms with van der Waals surface area (Å²) in [5.74, 6) is 1.44. The standard InChI is InChI=1S/C18H20BrClO/c1-13-7-8-15(17(20)9-13)10-14(12-19)11-16-5-3-4-6-18(16)21-2/h3-9,14H,10-12H2,1-2H3. The van der Waals surface area contributed by atoms with Crippen LogP contribution in [0.15, 0.2) is 42.5 Å². The van der Waals surface area contributed by atoms with Gasteiger partial charge in [0.15, 0.2) is 0 Å². The summed E-state index contributed by atoms with van der Waals surface area (Å²) in [5.41, 5.74) is 3.65. The lowest BCUT2D eigenvalue weighted by molar-refractivity contribution is 0.406. The van der Waals surface area contributed by atoms with Crippen molar-refractivity contribution in [3.05, 3.63) is 64.2 Å². The highest BCUT2D eigenvalue weighted by molar-refractivity contribution is 9.09. The first-order valence-corrected chi connectivity index (χ1v) is 8.57. The van der Waals surface area contributed by atoms with Crippen LogP contribution in [0.25, 0.3) is 0 Å². The van der Waals surface area contributed by atoms with E-state index in [9.17, 15) is 0 Å². The number of methoxy groups -OCH3 is 1. The SMILES string of the molecule is COc1ccccc1CC(CBr)Cc1ccc(C)cc1Cl. The van der Waals surface area contributed by atoms with Gasteiger partial charge in [-0.1, -0.05) is 57.9 Å². The molecule has 21 heavy (non-hydrogen) atoms. The Hall–Kier alpha value is -0.990. The molecule has 0 aliphatic carbocycles. The molecule has 0 N–H and O–H groups in total. The number of alkyl halides is 1. The topological polar surface area (TPSA) is 9.23 Å². The summed E-state index contributed by atoms with van der Waals surface area (Å²) in [7, 11) is 1.72. The summed E-state index contributed by atoms with van der Waals surface area (Å²) < 4.78 is 5.44. The van der Waals surface area contributed by atoms with Crippen molar-refractivity contribution in [3.63, 3.8) is 0 Å². The predicted molar refractivity (Wildman–Crippen MR) is 93.9 cm³/mol. The Morgan fingerprint density at radius 2 is 1.81 bits per heavy atom. The van der Waals surface area contributed by atoms with Crippen molar-refractivity contribution in [3.8, 4) is 5.75 Å². The first-order chi connectivity index (χ1) is 10.1. The zero-order valence-electron chi connectivity index (χ0n) is 12.4. The Morgan fingerprint density at radius 1 is 1.10 bits per heavy atom. The van der Waals surface area contributed by atoms with Gasteiger partial charge in [-0.05, 0) is 54.5 Å². The summed E-state index contributed by atoms with van der Waals surface area (Å²) >= 11 is 9.98. The summed E-state index contributed by atoms with van der Waals surface area (Å²) in [4.78, 5) is 0. The van der Waals surface area contributed by atoms with Gasteiger partial charge < -0.3 is 4.74 Å². The molecule has 3 heteroatoms. The third-order valence-electron chi connectivity index (χ3n) is 3.64. The minimum atomic E-state index is 0.488. The Bertz CT molecular complexity index is 598. The molecule has 0 saturated carbocycles. The van der Waals surface area contributed by atoms with Gasteiger partial charge in [0, 0.05) is 10.4 Å². The highest BCUT2D eigenvalue weighted by Crippen LogP contribution is 2.26. The van der Waals surface area contributed by atoms with Crippen molar-refractivity contribution >= 4 is 27.5 Å². The molecule has 0 bridgehead atoms. The smallest absolute Gasteiger partial charge is 0.122 e. The van der Waals surface area contributed by atoms with Gasteiger partial charge in [-0.2, -0.15) is 0 Å². The fourth-order valence-electron chi connectivity index (χ4n) is 2.49. The van der Waals surface area contributed by atoms with Gasteiger partial charge in [0.1, 0.15) is 5.75 Å². The molecular formula is C18H20BrClO. The van der Waals surface area contributed by atoms with E-state index >= 15 is 0 Å². The third-order valence-corrected chi connectivity index (χ3v) is 4.90. The van der Waals surface area contributed by atoms with Crippen molar-refractivity contribution in [2.45, 2.75) is 19.8 Å². The summed E-state index contributed by atoms with van der Waals surface area (Å²) in [5, 5.41) is 1.80. The van der Waals surface area contributed by atoms with Crippen LogP contribution in [-0.2, 0) is 12.8 Å². The van der Waals surface area contributed by atoms with Crippen LogP contribution in [0.2, 0.25) is 5.02 Å². The summed E-state index contributed by atoms with van der Waals surface area (Å²) in [6.07, 6.45) is 1.93. The number of benzene rings is 2. The van der Waals surface area contributed by atoms with Crippen LogP contribution in [0.5, 0.6) is 5.75 Å². The maximum Gasteiger partial charge on any atom is 0.122 e. The van der Waals surface area contributed by atoms with Gasteiger partial charge in [0.05, 0.1) is 7.11 Å². The monoisotopic (exact) mass is 366 g/mol. The van der Waals surface area contributed by atoms with Gasteiger partial charge >= 0.3 is 0 Å². The fourth-order valence-corrected chi connectivity index (χ4v) is 3.26. The number of rotatable bonds is 6. The van der Waals surface area contributed by atoms with E-state index in [2.05, 4.69) is 47.1 Å². The zero-order valence-corrected chi connectivity index (χ0v) is 14.7. The molecule has 0 amide bonds. The largest absolute Gasteiger partial charge is 0.496 e. The first kappa shape index (κ1) is 16.4. The molecule has 2 aromatic carbocycles. The number of aryl methyl sites for hydroxylation is 1. The van der Waals surface area contributed by atoms with E-state index in [1.54, 1.807) is 7.11 Å². The molecule has 2 rings (SSSR count). The van der Waals surface area contributed by atoms with E-state index in [0.717, 1.165) is 28.9 Å². The van der Waals surface area contributed by atoms with Crippen molar-refractivity contribution in [1.29, 1.82) is 0 Å². The van der Waals surface area contributed by atoms with E-state index < -0.39 is 0 Å². The molecule has 0 spiro atoms. The first-order valence-electron chi connectivity index (χ1n) is 7.07. The van der Waals surface area contributed by atoms with Crippen molar-refractivity contribution in [1.82, 2.24) is 0 Å². The normalized spacial score (nSPS) is 12.2. The van der Waals surface area contributed by atoms with Gasteiger partial charge in [0.2, 0.25) is 0 Å². The number of para-hydroxylation sites is 1. The second-order valence-electron chi connectivity index (χ2n) is 5.34. The van der Waals surface area contributed by atoms with E-state index in [4.69, 9.17) is 16.3 Å². The molecule has 0 aliphatic heterocycles. The Labute approximate surface area is 140 Å². The highest BCUT2D eigenvalue weighted by atomic mass is 79.9. The molecule has 1 atom stereocenters. The maximum atomic E-state index is 6.35. The van der Waals surface area contributed by atoms with Crippen LogP contribution in [0.1, 0.15) is 16.7 Å². The minimum absolute atomic E-state index is 0.488. The van der Waals surface area contributed by atoms with Gasteiger partial charge in [0.25, 0.3) is 0 Å². The van der Waals surface area contributed by atoms with Crippen molar-refractivity contribution < 1.29 is 4.74 Å². The van der Waals surface area contributed by atoms with Crippen LogP contribution in [0, 0.1) is 12.8 Å². The molecule has 112 valence electrons. The lowest BCUT2D eigenvalue weighted by Gasteiger charge is -2.17. The molecule has 0 radical (unpaired) electrons. The number of hydrogen-bond donors (Lipinski definition) is 0. The predicted octanol–water partition coefficient (Wildman–Crippen LogP) is 5.45. The van der Waals surface area contributed by atoms with Crippen LogP contribution < -0.4 is 4.74 Å². The van der Waals surface area contributed by atoms with E-state index in [1.807, 2.05) is 18.2 Å². The number of hydrogen-bond acceptors (Lipinski definition) is 1. The Morgan fingerprint density at radius 3 is 2.48 bits per heavy atom. The number of halogens is 2. The quantitative estimate of drug-likeness (QED) is 0.617. The number of ether oxygens (including phenoxy) is 1. The van der Waals surface area contributed by atoms with Crippen LogP contribution >= 0.6 is 27.5 Å². The minimum Gasteiger partial charge on any atom is -0.496 e. The molecular weight excluding hydrogens is 348 g/mol. The fraction of sp³-hybridized carbons (Fsp3) is 0.333. The van der Waals surface area contributed by atoms with Gasteiger partial charge in [-0.3, -0.25) is 0 Å². The summed E-state index contributed by atoms with van der Waals surface area (Å²) in [6, 6.07) is 14.5. The van der Waals surface area contributed by atoms with E-state index in [0.29, 0.717) is 5.92 Å². The zero-order chi connectivity index (χ0) is 15.2. The Kier molecular flexibility index (Phi) is 6.13. The molecule has 0 heterocycles. The van der Waals surface area contributed by atoms with Crippen LogP contribution in [0.4, 0.5) is 0 Å². The second kappa shape index (κ2) is 7.86. The molecule has 1 nitrogen and oxygen atoms in total.